The number of hydrogen-bond donors (Lipinski definition) is 0. The van der Waals surface area contributed by atoms with E-state index in [9.17, 15) is 13.6 Å². The SMILES string of the molecule is COC(=O)CC1COc2cc(OCc3cccc(-c4c(C)cc(OCC5CCC(F)(F)CC5)cc4C)c3)ccc21. The Morgan fingerprint density at radius 1 is 0.975 bits per heavy atom. The number of alkyl halides is 2. The van der Waals surface area contributed by atoms with Crippen LogP contribution in [0.2, 0.25) is 0 Å². The van der Waals surface area contributed by atoms with Gasteiger partial charge in [0.05, 0.1) is 26.7 Å². The molecule has 3 aromatic rings. The lowest BCUT2D eigenvalue weighted by atomic mass is 9.87. The van der Waals surface area contributed by atoms with E-state index in [4.69, 9.17) is 18.9 Å². The lowest BCUT2D eigenvalue weighted by molar-refractivity contribution is -0.141. The zero-order valence-corrected chi connectivity index (χ0v) is 23.3. The first-order chi connectivity index (χ1) is 19.2. The number of esters is 1. The van der Waals surface area contributed by atoms with Crippen LogP contribution in [0, 0.1) is 19.8 Å². The molecule has 1 unspecified atom stereocenters. The van der Waals surface area contributed by atoms with Gasteiger partial charge in [-0.25, -0.2) is 8.78 Å². The van der Waals surface area contributed by atoms with Gasteiger partial charge in [0.2, 0.25) is 5.92 Å². The van der Waals surface area contributed by atoms with Crippen LogP contribution in [0.5, 0.6) is 17.2 Å². The average Bonchev–Trinajstić information content (AvgIpc) is 3.33. The normalized spacial score (nSPS) is 18.1. The Balaban J connectivity index is 1.21. The summed E-state index contributed by atoms with van der Waals surface area (Å²) in [7, 11) is 1.39. The maximum absolute atomic E-state index is 13.5. The fraction of sp³-hybridized carbons (Fsp3) is 0.424. The van der Waals surface area contributed by atoms with Gasteiger partial charge in [0.25, 0.3) is 0 Å². The summed E-state index contributed by atoms with van der Waals surface area (Å²) in [5.41, 5.74) is 6.48. The van der Waals surface area contributed by atoms with Crippen molar-refractivity contribution in [2.24, 2.45) is 5.92 Å². The lowest BCUT2D eigenvalue weighted by Gasteiger charge is -2.28. The largest absolute Gasteiger partial charge is 0.493 e. The maximum Gasteiger partial charge on any atom is 0.306 e. The lowest BCUT2D eigenvalue weighted by Crippen LogP contribution is -2.27. The number of benzene rings is 3. The molecule has 1 aliphatic carbocycles. The number of methoxy groups -OCH3 is 1. The molecule has 0 spiro atoms. The number of ether oxygens (including phenoxy) is 4. The summed E-state index contributed by atoms with van der Waals surface area (Å²) < 4.78 is 49.6. The number of rotatable bonds is 9. The van der Waals surface area contributed by atoms with Gasteiger partial charge in [0.1, 0.15) is 23.9 Å². The van der Waals surface area contributed by atoms with E-state index in [0.717, 1.165) is 44.9 Å². The van der Waals surface area contributed by atoms with E-state index < -0.39 is 5.92 Å². The summed E-state index contributed by atoms with van der Waals surface area (Å²) in [6, 6.07) is 18.1. The van der Waals surface area contributed by atoms with E-state index in [0.29, 0.717) is 44.8 Å². The molecule has 5 nitrogen and oxygen atoms in total. The summed E-state index contributed by atoms with van der Waals surface area (Å²) in [6.07, 6.45) is 1.22. The zero-order valence-electron chi connectivity index (χ0n) is 23.3. The highest BCUT2D eigenvalue weighted by molar-refractivity contribution is 5.72. The van der Waals surface area contributed by atoms with Crippen LogP contribution in [0.15, 0.2) is 54.6 Å². The quantitative estimate of drug-likeness (QED) is 0.255. The van der Waals surface area contributed by atoms with Crippen molar-refractivity contribution in [3.8, 4) is 28.4 Å². The first-order valence-electron chi connectivity index (χ1n) is 13.9. The Morgan fingerprint density at radius 2 is 1.73 bits per heavy atom. The summed E-state index contributed by atoms with van der Waals surface area (Å²) in [4.78, 5) is 11.7. The molecule has 40 heavy (non-hydrogen) atoms. The Kier molecular flexibility index (Phi) is 8.29. The molecule has 0 saturated heterocycles. The number of carbonyl (C=O) groups excluding carboxylic acids is 1. The van der Waals surface area contributed by atoms with Crippen molar-refractivity contribution in [1.29, 1.82) is 0 Å². The average molecular weight is 551 g/mol. The number of hydrogen-bond acceptors (Lipinski definition) is 5. The van der Waals surface area contributed by atoms with Crippen molar-refractivity contribution in [2.45, 2.75) is 64.4 Å². The smallest absolute Gasteiger partial charge is 0.306 e. The van der Waals surface area contributed by atoms with Gasteiger partial charge in [-0.15, -0.1) is 0 Å². The van der Waals surface area contributed by atoms with E-state index in [-0.39, 0.29) is 30.6 Å². The van der Waals surface area contributed by atoms with E-state index in [1.54, 1.807) is 0 Å². The highest BCUT2D eigenvalue weighted by Gasteiger charge is 2.35. The molecule has 0 bridgehead atoms. The first-order valence-corrected chi connectivity index (χ1v) is 13.9. The second-order valence-electron chi connectivity index (χ2n) is 11.0. The van der Waals surface area contributed by atoms with Gasteiger partial charge in [-0.2, -0.15) is 0 Å². The van der Waals surface area contributed by atoms with Crippen molar-refractivity contribution in [3.63, 3.8) is 0 Å². The summed E-state index contributed by atoms with van der Waals surface area (Å²) in [6.45, 7) is 5.46. The molecule has 2 aliphatic rings. The van der Waals surface area contributed by atoms with Crippen molar-refractivity contribution in [1.82, 2.24) is 0 Å². The fourth-order valence-electron chi connectivity index (χ4n) is 5.73. The molecule has 212 valence electrons. The molecular weight excluding hydrogens is 514 g/mol. The minimum absolute atomic E-state index is 0.00303. The van der Waals surface area contributed by atoms with Crippen molar-refractivity contribution in [3.05, 3.63) is 76.9 Å². The van der Waals surface area contributed by atoms with Gasteiger partial charge in [0.15, 0.2) is 0 Å². The Labute approximate surface area is 234 Å². The van der Waals surface area contributed by atoms with Crippen molar-refractivity contribution >= 4 is 5.97 Å². The van der Waals surface area contributed by atoms with Gasteiger partial charge in [-0.05, 0) is 84.7 Å². The molecule has 0 N–H and O–H groups in total. The number of fused-ring (bicyclic) bond motifs is 1. The van der Waals surface area contributed by atoms with Crippen LogP contribution in [0.25, 0.3) is 11.1 Å². The third kappa shape index (κ3) is 6.57. The number of halogens is 2. The number of aryl methyl sites for hydroxylation is 2. The molecule has 0 aromatic heterocycles. The minimum Gasteiger partial charge on any atom is -0.493 e. The maximum atomic E-state index is 13.5. The molecule has 1 heterocycles. The molecule has 7 heteroatoms. The molecular formula is C33H36F2O5. The molecule has 1 fully saturated rings. The minimum atomic E-state index is -2.52. The summed E-state index contributed by atoms with van der Waals surface area (Å²) in [5, 5.41) is 0. The van der Waals surface area contributed by atoms with Crippen LogP contribution in [0.3, 0.4) is 0 Å². The van der Waals surface area contributed by atoms with E-state index in [1.807, 2.05) is 42.5 Å². The second-order valence-corrected chi connectivity index (χ2v) is 11.0. The van der Waals surface area contributed by atoms with Crippen LogP contribution in [0.4, 0.5) is 8.78 Å². The van der Waals surface area contributed by atoms with Crippen molar-refractivity contribution < 1.29 is 32.5 Å². The molecule has 0 radical (unpaired) electrons. The van der Waals surface area contributed by atoms with Crippen molar-refractivity contribution in [2.75, 3.05) is 20.3 Å². The Bertz CT molecular complexity index is 1340. The summed E-state index contributed by atoms with van der Waals surface area (Å²) >= 11 is 0. The predicted molar refractivity (Wildman–Crippen MR) is 149 cm³/mol. The van der Waals surface area contributed by atoms with Gasteiger partial charge < -0.3 is 18.9 Å². The van der Waals surface area contributed by atoms with Crippen LogP contribution < -0.4 is 14.2 Å². The van der Waals surface area contributed by atoms with Gasteiger partial charge in [-0.1, -0.05) is 24.3 Å². The molecule has 1 atom stereocenters. The Morgan fingerprint density at radius 3 is 2.45 bits per heavy atom. The third-order valence-electron chi connectivity index (χ3n) is 7.96. The summed E-state index contributed by atoms with van der Waals surface area (Å²) in [5.74, 6) is -0.358. The molecule has 1 saturated carbocycles. The predicted octanol–water partition coefficient (Wildman–Crippen LogP) is 7.79. The molecule has 1 aliphatic heterocycles. The second kappa shape index (κ2) is 11.9. The monoisotopic (exact) mass is 550 g/mol. The van der Waals surface area contributed by atoms with E-state index in [2.05, 4.69) is 26.0 Å². The molecule has 5 rings (SSSR count). The number of carbonyl (C=O) groups is 1. The first kappa shape index (κ1) is 27.9. The Hall–Kier alpha value is -3.61. The fourth-order valence-corrected chi connectivity index (χ4v) is 5.73. The molecule has 0 amide bonds. The van der Waals surface area contributed by atoms with E-state index in [1.165, 1.54) is 7.11 Å². The zero-order chi connectivity index (χ0) is 28.3. The molecule has 3 aromatic carbocycles. The topological polar surface area (TPSA) is 54.0 Å². The van der Waals surface area contributed by atoms with E-state index >= 15 is 0 Å². The van der Waals surface area contributed by atoms with Crippen LogP contribution in [-0.2, 0) is 16.1 Å². The highest BCUT2D eigenvalue weighted by Crippen LogP contribution is 2.39. The van der Waals surface area contributed by atoms with Crippen LogP contribution in [0.1, 0.15) is 60.3 Å². The third-order valence-corrected chi connectivity index (χ3v) is 7.96. The van der Waals surface area contributed by atoms with Gasteiger partial charge in [0, 0.05) is 30.4 Å². The van der Waals surface area contributed by atoms with Crippen LogP contribution >= 0.6 is 0 Å². The van der Waals surface area contributed by atoms with Gasteiger partial charge in [-0.3, -0.25) is 4.79 Å². The van der Waals surface area contributed by atoms with Crippen LogP contribution in [-0.4, -0.2) is 32.2 Å². The van der Waals surface area contributed by atoms with Gasteiger partial charge >= 0.3 is 5.97 Å². The standard InChI is InChI=1S/C33H36F2O5/c1-21-13-28(39-18-23-9-11-33(34,35)12-10-23)14-22(2)32(21)25-6-4-5-24(15-25)19-38-27-7-8-29-26(16-31(36)37-3)20-40-30(29)17-27/h4-8,13-15,17,23,26H,9-12,16,18-20H2,1-3H3. The highest BCUT2D eigenvalue weighted by atomic mass is 19.3.